The van der Waals surface area contributed by atoms with E-state index >= 15 is 0 Å². The number of hydrogen-bond donors (Lipinski definition) is 1. The van der Waals surface area contributed by atoms with Gasteiger partial charge in [-0.1, -0.05) is 18.2 Å². The minimum atomic E-state index is -4.25. The zero-order chi connectivity index (χ0) is 20.9. The number of carbonyl (C=O) groups excluding carboxylic acids is 1. The van der Waals surface area contributed by atoms with Gasteiger partial charge in [0.1, 0.15) is 17.8 Å². The van der Waals surface area contributed by atoms with Crippen molar-refractivity contribution in [2.45, 2.75) is 18.0 Å². The van der Waals surface area contributed by atoms with Gasteiger partial charge in [-0.25, -0.2) is 0 Å². The Balaban J connectivity index is 1.43. The van der Waals surface area contributed by atoms with Crippen molar-refractivity contribution < 1.29 is 32.2 Å². The lowest BCUT2D eigenvalue weighted by Crippen LogP contribution is -2.43. The van der Waals surface area contributed by atoms with E-state index in [1.165, 1.54) is 0 Å². The summed E-state index contributed by atoms with van der Waals surface area (Å²) >= 11 is 0. The number of fused-ring (bicyclic) bond motifs is 5. The molecular formula is C21H19F3N2O4. The second-order valence-electron chi connectivity index (χ2n) is 7.52. The number of nitrogens with one attached hydrogen (secondary N) is 1. The highest BCUT2D eigenvalue weighted by atomic mass is 19.4. The van der Waals surface area contributed by atoms with Gasteiger partial charge >= 0.3 is 6.18 Å². The first-order chi connectivity index (χ1) is 14.4. The summed E-state index contributed by atoms with van der Waals surface area (Å²) in [6.45, 7) is -0.306. The van der Waals surface area contributed by atoms with Gasteiger partial charge in [0, 0.05) is 23.9 Å². The maximum Gasteiger partial charge on any atom is 0.401 e. The number of para-hydroxylation sites is 1. The van der Waals surface area contributed by atoms with Crippen LogP contribution >= 0.6 is 0 Å². The molecule has 0 bridgehead atoms. The molecule has 0 saturated heterocycles. The third-order valence-electron chi connectivity index (χ3n) is 5.70. The summed E-state index contributed by atoms with van der Waals surface area (Å²) in [5.74, 6) is 1.59. The fourth-order valence-electron chi connectivity index (χ4n) is 4.38. The van der Waals surface area contributed by atoms with Gasteiger partial charge < -0.3 is 24.4 Å². The van der Waals surface area contributed by atoms with Crippen molar-refractivity contribution in [1.29, 1.82) is 0 Å². The van der Waals surface area contributed by atoms with Crippen molar-refractivity contribution in [2.75, 3.05) is 37.9 Å². The number of alkyl halides is 3. The average Bonchev–Trinajstić information content (AvgIpc) is 3.37. The van der Waals surface area contributed by atoms with Gasteiger partial charge in [-0.3, -0.25) is 4.79 Å². The molecule has 0 fully saturated rings. The summed E-state index contributed by atoms with van der Waals surface area (Å²) in [6, 6.07) is 11.0. The number of anilines is 1. The second kappa shape index (κ2) is 6.80. The number of nitrogens with zero attached hydrogens (tertiary/aromatic N) is 1. The van der Waals surface area contributed by atoms with Crippen molar-refractivity contribution in [3.05, 3.63) is 47.5 Å². The maximum absolute atomic E-state index is 13.6. The second-order valence-corrected chi connectivity index (χ2v) is 7.52. The number of hydrogen-bond acceptors (Lipinski definition) is 5. The van der Waals surface area contributed by atoms with Crippen LogP contribution in [0.3, 0.4) is 0 Å². The Labute approximate surface area is 170 Å². The molecule has 9 heteroatoms. The monoisotopic (exact) mass is 420 g/mol. The number of amides is 1. The Morgan fingerprint density at radius 3 is 2.60 bits per heavy atom. The van der Waals surface area contributed by atoms with Gasteiger partial charge in [-0.05, 0) is 30.7 Å². The van der Waals surface area contributed by atoms with Crippen LogP contribution in [0.1, 0.15) is 17.5 Å². The highest BCUT2D eigenvalue weighted by Crippen LogP contribution is 2.54. The van der Waals surface area contributed by atoms with Crippen LogP contribution in [0.5, 0.6) is 17.2 Å². The number of halogens is 3. The summed E-state index contributed by atoms with van der Waals surface area (Å²) in [4.78, 5) is 15.3. The molecule has 2 aromatic carbocycles. The van der Waals surface area contributed by atoms with Gasteiger partial charge in [0.25, 0.3) is 0 Å². The lowest BCUT2D eigenvalue weighted by Gasteiger charge is -2.23. The van der Waals surface area contributed by atoms with Gasteiger partial charge in [-0.15, -0.1) is 0 Å². The van der Waals surface area contributed by atoms with Crippen molar-refractivity contribution in [2.24, 2.45) is 0 Å². The van der Waals surface area contributed by atoms with Gasteiger partial charge in [-0.2, -0.15) is 13.2 Å². The number of carbonyl (C=O) groups is 1. The smallest absolute Gasteiger partial charge is 0.401 e. The molecule has 30 heavy (non-hydrogen) atoms. The third kappa shape index (κ3) is 2.87. The minimum absolute atomic E-state index is 0.118. The van der Waals surface area contributed by atoms with E-state index in [-0.39, 0.29) is 25.9 Å². The van der Waals surface area contributed by atoms with E-state index in [1.807, 2.05) is 24.3 Å². The quantitative estimate of drug-likeness (QED) is 0.754. The normalized spacial score (nSPS) is 21.2. The van der Waals surface area contributed by atoms with Crippen LogP contribution < -0.4 is 24.4 Å². The Hall–Kier alpha value is -2.94. The molecule has 0 radical (unpaired) electrons. The molecule has 3 aliphatic rings. The highest BCUT2D eigenvalue weighted by Gasteiger charge is 2.57. The van der Waals surface area contributed by atoms with E-state index in [2.05, 4.69) is 5.32 Å². The first-order valence-electron chi connectivity index (χ1n) is 9.66. The molecule has 1 spiro atoms. The van der Waals surface area contributed by atoms with Crippen molar-refractivity contribution >= 4 is 11.6 Å². The van der Waals surface area contributed by atoms with Crippen LogP contribution in [0.15, 0.2) is 36.4 Å². The standard InChI is InChI=1S/C21H19F3N2O4/c22-21(23,24)10-25-6-3-7-26-15-5-2-1-4-13(15)20(19(26)27)11-28-16-9-18-17(8-14(16)20)29-12-30-18/h1-2,4-5,8-9,25H,3,6-7,10-12H2. The Morgan fingerprint density at radius 1 is 1.03 bits per heavy atom. The molecule has 1 N–H and O–H groups in total. The topological polar surface area (TPSA) is 60.0 Å². The van der Waals surface area contributed by atoms with Crippen molar-refractivity contribution in [1.82, 2.24) is 5.32 Å². The van der Waals surface area contributed by atoms with Crippen molar-refractivity contribution in [3.63, 3.8) is 0 Å². The van der Waals surface area contributed by atoms with Crippen LogP contribution in [-0.2, 0) is 10.2 Å². The molecule has 0 aliphatic carbocycles. The molecule has 3 aliphatic heterocycles. The Kier molecular flexibility index (Phi) is 4.32. The summed E-state index contributed by atoms with van der Waals surface area (Å²) < 4.78 is 53.8. The van der Waals surface area contributed by atoms with E-state index in [0.29, 0.717) is 30.2 Å². The largest absolute Gasteiger partial charge is 0.491 e. The molecule has 2 aromatic rings. The van der Waals surface area contributed by atoms with Crippen molar-refractivity contribution in [3.8, 4) is 17.2 Å². The first kappa shape index (κ1) is 19.0. The summed E-state index contributed by atoms with van der Waals surface area (Å²) in [5.41, 5.74) is 1.32. The van der Waals surface area contributed by atoms with E-state index in [9.17, 15) is 18.0 Å². The van der Waals surface area contributed by atoms with E-state index in [4.69, 9.17) is 14.2 Å². The molecule has 1 amide bonds. The third-order valence-corrected chi connectivity index (χ3v) is 5.70. The lowest BCUT2D eigenvalue weighted by atomic mass is 9.77. The van der Waals surface area contributed by atoms with Crippen LogP contribution in [0, 0.1) is 0 Å². The summed E-state index contributed by atoms with van der Waals surface area (Å²) in [5, 5.41) is 2.37. The molecule has 5 rings (SSSR count). The summed E-state index contributed by atoms with van der Waals surface area (Å²) in [6.07, 6.45) is -3.86. The van der Waals surface area contributed by atoms with Gasteiger partial charge in [0.15, 0.2) is 11.5 Å². The predicted molar refractivity (Wildman–Crippen MR) is 101 cm³/mol. The fourth-order valence-corrected chi connectivity index (χ4v) is 4.38. The Morgan fingerprint density at radius 2 is 1.80 bits per heavy atom. The molecule has 6 nitrogen and oxygen atoms in total. The van der Waals surface area contributed by atoms with Crippen LogP contribution in [-0.4, -0.2) is 45.1 Å². The highest BCUT2D eigenvalue weighted by molar-refractivity contribution is 6.11. The molecule has 3 heterocycles. The molecule has 0 aromatic heterocycles. The maximum atomic E-state index is 13.6. The molecule has 1 unspecified atom stereocenters. The minimum Gasteiger partial charge on any atom is -0.491 e. The fraction of sp³-hybridized carbons (Fsp3) is 0.381. The zero-order valence-electron chi connectivity index (χ0n) is 15.9. The molecule has 1 atom stereocenters. The number of rotatable bonds is 5. The SMILES string of the molecule is O=C1N(CCCNCC(F)(F)F)c2ccccc2C12COc1cc3c(cc12)OCO3. The number of ether oxygens (including phenoxy) is 3. The van der Waals surface area contributed by atoms with E-state index in [1.54, 1.807) is 17.0 Å². The average molecular weight is 420 g/mol. The van der Waals surface area contributed by atoms with Gasteiger partial charge in [0.2, 0.25) is 12.7 Å². The first-order valence-corrected chi connectivity index (χ1v) is 9.66. The zero-order valence-corrected chi connectivity index (χ0v) is 15.9. The van der Waals surface area contributed by atoms with E-state index < -0.39 is 18.1 Å². The molecular weight excluding hydrogens is 401 g/mol. The summed E-state index contributed by atoms with van der Waals surface area (Å²) in [7, 11) is 0. The van der Waals surface area contributed by atoms with Crippen LogP contribution in [0.25, 0.3) is 0 Å². The predicted octanol–water partition coefficient (Wildman–Crippen LogP) is 2.98. The van der Waals surface area contributed by atoms with Crippen LogP contribution in [0.2, 0.25) is 0 Å². The van der Waals surface area contributed by atoms with E-state index in [0.717, 1.165) is 16.8 Å². The number of benzene rings is 2. The molecule has 0 saturated carbocycles. The molecule has 158 valence electrons. The van der Waals surface area contributed by atoms with Gasteiger partial charge in [0.05, 0.1) is 6.54 Å². The Bertz CT molecular complexity index is 1010. The van der Waals surface area contributed by atoms with Crippen LogP contribution in [0.4, 0.5) is 18.9 Å². The lowest BCUT2D eigenvalue weighted by molar-refractivity contribution is -0.125.